The third kappa shape index (κ3) is 9.24. The molecular weight excluding hydrogens is 684 g/mol. The average Bonchev–Trinajstić information content (AvgIpc) is 3.19. The predicted octanol–water partition coefficient (Wildman–Crippen LogP) is 9.45. The van der Waals surface area contributed by atoms with Crippen LogP contribution >= 0.6 is 0 Å². The van der Waals surface area contributed by atoms with Gasteiger partial charge >= 0.3 is 17.9 Å². The Bertz CT molecular complexity index is 1660. The highest BCUT2D eigenvalue weighted by Crippen LogP contribution is 2.38. The first kappa shape index (κ1) is 37.0. The molecule has 3 N–H and O–H groups in total. The largest absolute Gasteiger partial charge is 0.508 e. The lowest BCUT2D eigenvalue weighted by atomic mass is 9.82. The maximum Gasteiger partial charge on any atom is 0.338 e. The standard InChI is InChI=1S/C45H48O9/c46-37-13-1-28(2-14-37)31-7-19-40(20-8-31)52-43(49)34-25-35(44(50)53-41-21-9-32(10-22-41)29-3-15-38(47)16-4-29)27-36(26-34)45(51)54-42-23-11-33(12-24-42)30-5-17-39(48)18-6-30/h1-6,13-18,25-27,31-33,40-42,46-48H,7-12,19-24H2. The van der Waals surface area contributed by atoms with Crippen LogP contribution in [0.2, 0.25) is 0 Å². The van der Waals surface area contributed by atoms with E-state index in [1.54, 1.807) is 36.4 Å². The van der Waals surface area contributed by atoms with E-state index in [0.717, 1.165) is 55.2 Å². The van der Waals surface area contributed by atoms with Gasteiger partial charge < -0.3 is 29.5 Å². The van der Waals surface area contributed by atoms with Crippen LogP contribution in [0.5, 0.6) is 17.2 Å². The fourth-order valence-corrected chi connectivity index (χ4v) is 8.42. The Morgan fingerprint density at radius 2 is 0.593 bits per heavy atom. The van der Waals surface area contributed by atoms with Crippen molar-refractivity contribution in [3.05, 3.63) is 124 Å². The number of phenolic OH excluding ortho intramolecular Hbond substituents is 3. The van der Waals surface area contributed by atoms with Gasteiger partial charge in [-0.1, -0.05) is 36.4 Å². The molecule has 0 radical (unpaired) electrons. The van der Waals surface area contributed by atoms with E-state index in [0.29, 0.717) is 56.3 Å². The maximum atomic E-state index is 13.6. The van der Waals surface area contributed by atoms with Crippen LogP contribution in [0.3, 0.4) is 0 Å². The Morgan fingerprint density at radius 1 is 0.370 bits per heavy atom. The molecule has 3 aliphatic carbocycles. The van der Waals surface area contributed by atoms with Gasteiger partial charge in [0.15, 0.2) is 0 Å². The summed E-state index contributed by atoms with van der Waals surface area (Å²) >= 11 is 0. The molecule has 0 aliphatic heterocycles. The minimum Gasteiger partial charge on any atom is -0.508 e. The van der Waals surface area contributed by atoms with E-state index in [1.165, 1.54) is 18.2 Å². The Morgan fingerprint density at radius 3 is 0.815 bits per heavy atom. The van der Waals surface area contributed by atoms with E-state index in [1.807, 2.05) is 36.4 Å². The second-order valence-electron chi connectivity index (χ2n) is 15.2. The van der Waals surface area contributed by atoms with Crippen molar-refractivity contribution in [2.45, 2.75) is 113 Å². The second-order valence-corrected chi connectivity index (χ2v) is 15.2. The zero-order valence-electron chi connectivity index (χ0n) is 30.4. The monoisotopic (exact) mass is 732 g/mol. The molecule has 0 aromatic heterocycles. The number of hydrogen-bond acceptors (Lipinski definition) is 9. The number of hydrogen-bond donors (Lipinski definition) is 3. The number of carbonyl (C=O) groups excluding carboxylic acids is 3. The van der Waals surface area contributed by atoms with Crippen LogP contribution < -0.4 is 0 Å². The van der Waals surface area contributed by atoms with Crippen molar-refractivity contribution in [3.63, 3.8) is 0 Å². The molecule has 54 heavy (non-hydrogen) atoms. The van der Waals surface area contributed by atoms with Gasteiger partial charge in [-0.25, -0.2) is 14.4 Å². The van der Waals surface area contributed by atoms with Gasteiger partial charge in [0, 0.05) is 0 Å². The van der Waals surface area contributed by atoms with Crippen molar-refractivity contribution in [1.82, 2.24) is 0 Å². The van der Waals surface area contributed by atoms with Gasteiger partial charge in [-0.15, -0.1) is 0 Å². The van der Waals surface area contributed by atoms with Gasteiger partial charge in [0.2, 0.25) is 0 Å². The molecule has 4 aromatic carbocycles. The summed E-state index contributed by atoms with van der Waals surface area (Å²) in [5.41, 5.74) is 3.75. The number of carbonyl (C=O) groups is 3. The lowest BCUT2D eigenvalue weighted by Crippen LogP contribution is -2.26. The number of esters is 3. The normalized spacial score (nSPS) is 24.2. The average molecular weight is 733 g/mol. The van der Waals surface area contributed by atoms with E-state index in [9.17, 15) is 29.7 Å². The SMILES string of the molecule is O=C(OC1CCC(c2ccc(O)cc2)CC1)c1cc(C(=O)OC2CCC(c3ccc(O)cc3)CC2)cc(C(=O)OC2CCC(c3ccc(O)cc3)CC2)c1. The van der Waals surface area contributed by atoms with E-state index < -0.39 is 17.9 Å². The molecule has 4 aromatic rings. The van der Waals surface area contributed by atoms with Crippen LogP contribution in [0.4, 0.5) is 0 Å². The zero-order chi connectivity index (χ0) is 37.6. The summed E-state index contributed by atoms with van der Waals surface area (Å²) in [6.07, 6.45) is 8.12. The molecule has 0 heterocycles. The molecule has 0 spiro atoms. The van der Waals surface area contributed by atoms with Crippen LogP contribution in [0.25, 0.3) is 0 Å². The first-order valence-corrected chi connectivity index (χ1v) is 19.3. The zero-order valence-corrected chi connectivity index (χ0v) is 30.4. The summed E-state index contributed by atoms with van der Waals surface area (Å²) in [7, 11) is 0. The van der Waals surface area contributed by atoms with Crippen molar-refractivity contribution in [2.24, 2.45) is 0 Å². The lowest BCUT2D eigenvalue weighted by Gasteiger charge is -2.29. The van der Waals surface area contributed by atoms with E-state index in [-0.39, 0.29) is 52.3 Å². The van der Waals surface area contributed by atoms with E-state index in [2.05, 4.69) is 0 Å². The van der Waals surface area contributed by atoms with Crippen molar-refractivity contribution in [2.75, 3.05) is 0 Å². The highest BCUT2D eigenvalue weighted by molar-refractivity contribution is 6.00. The van der Waals surface area contributed by atoms with Gasteiger partial charge in [0.05, 0.1) is 16.7 Å². The summed E-state index contributed by atoms with van der Waals surface area (Å²) in [6.45, 7) is 0. The molecule has 282 valence electrons. The molecule has 9 nitrogen and oxygen atoms in total. The number of rotatable bonds is 9. The van der Waals surface area contributed by atoms with Crippen LogP contribution in [0.1, 0.15) is 143 Å². The molecule has 0 unspecified atom stereocenters. The van der Waals surface area contributed by atoms with Crippen molar-refractivity contribution >= 4 is 17.9 Å². The minimum absolute atomic E-state index is 0.101. The summed E-state index contributed by atoms with van der Waals surface area (Å²) in [5.74, 6) is -0.182. The number of benzene rings is 4. The predicted molar refractivity (Wildman–Crippen MR) is 202 cm³/mol. The molecule has 7 rings (SSSR count). The molecule has 0 bridgehead atoms. The van der Waals surface area contributed by atoms with Crippen LogP contribution in [-0.2, 0) is 14.2 Å². The van der Waals surface area contributed by atoms with Crippen molar-refractivity contribution in [3.8, 4) is 17.2 Å². The molecule has 0 saturated heterocycles. The second kappa shape index (κ2) is 16.8. The Balaban J connectivity index is 1.01. The fourth-order valence-electron chi connectivity index (χ4n) is 8.42. The van der Waals surface area contributed by atoms with Crippen LogP contribution in [0.15, 0.2) is 91.0 Å². The Kier molecular flexibility index (Phi) is 11.5. The lowest BCUT2D eigenvalue weighted by molar-refractivity contribution is 0.0192. The summed E-state index contributed by atoms with van der Waals surface area (Å²) < 4.78 is 17.9. The Labute approximate surface area is 315 Å². The summed E-state index contributed by atoms with van der Waals surface area (Å²) in [6, 6.07) is 26.1. The third-order valence-corrected chi connectivity index (χ3v) is 11.6. The number of aromatic hydroxyl groups is 3. The van der Waals surface area contributed by atoms with Gasteiger partial charge in [0.1, 0.15) is 35.6 Å². The first-order chi connectivity index (χ1) is 26.2. The highest BCUT2D eigenvalue weighted by atomic mass is 16.6. The van der Waals surface area contributed by atoms with E-state index >= 15 is 0 Å². The summed E-state index contributed by atoms with van der Waals surface area (Å²) in [5, 5.41) is 29.0. The molecule has 0 atom stereocenters. The highest BCUT2D eigenvalue weighted by Gasteiger charge is 2.30. The van der Waals surface area contributed by atoms with E-state index in [4.69, 9.17) is 14.2 Å². The maximum absolute atomic E-state index is 13.6. The van der Waals surface area contributed by atoms with Gasteiger partial charge in [-0.2, -0.15) is 0 Å². The van der Waals surface area contributed by atoms with Crippen molar-refractivity contribution in [1.29, 1.82) is 0 Å². The van der Waals surface area contributed by atoms with Crippen molar-refractivity contribution < 1.29 is 43.9 Å². The number of ether oxygens (including phenoxy) is 3. The van der Waals surface area contributed by atoms with Gasteiger partial charge in [-0.3, -0.25) is 0 Å². The molecular formula is C45H48O9. The third-order valence-electron chi connectivity index (χ3n) is 11.6. The fraction of sp³-hybridized carbons (Fsp3) is 0.400. The molecule has 0 amide bonds. The molecule has 9 heteroatoms. The van der Waals surface area contributed by atoms with Gasteiger partial charge in [-0.05, 0) is 166 Å². The topological polar surface area (TPSA) is 140 Å². The van der Waals surface area contributed by atoms with Crippen LogP contribution in [-0.4, -0.2) is 51.5 Å². The number of phenols is 3. The molecule has 3 saturated carbocycles. The Hall–Kier alpha value is -5.31. The van der Waals surface area contributed by atoms with Crippen LogP contribution in [0, 0.1) is 0 Å². The quantitative estimate of drug-likeness (QED) is 0.113. The molecule has 3 fully saturated rings. The van der Waals surface area contributed by atoms with Gasteiger partial charge in [0.25, 0.3) is 0 Å². The summed E-state index contributed by atoms with van der Waals surface area (Å²) in [4.78, 5) is 40.9. The minimum atomic E-state index is -0.601. The smallest absolute Gasteiger partial charge is 0.338 e. The molecule has 3 aliphatic rings. The first-order valence-electron chi connectivity index (χ1n) is 19.3.